The average molecular weight is 181 g/mol. The molecule has 0 fully saturated rings. The van der Waals surface area contributed by atoms with E-state index in [-0.39, 0.29) is 0 Å². The van der Waals surface area contributed by atoms with E-state index in [4.69, 9.17) is 0 Å². The summed E-state index contributed by atoms with van der Waals surface area (Å²) >= 11 is 0. The third-order valence-corrected chi connectivity index (χ3v) is 2.28. The SMILES string of the molecule is C=CCS(=O)Nc1ccccc1. The third-order valence-electron chi connectivity index (χ3n) is 1.27. The molecule has 0 saturated carbocycles. The Kier molecular flexibility index (Phi) is 3.54. The molecule has 0 bridgehead atoms. The van der Waals surface area contributed by atoms with E-state index in [9.17, 15) is 4.21 Å². The van der Waals surface area contributed by atoms with Gasteiger partial charge in [0.1, 0.15) is 11.0 Å². The van der Waals surface area contributed by atoms with Crippen molar-refractivity contribution >= 4 is 16.7 Å². The molecule has 0 aliphatic carbocycles. The Morgan fingerprint density at radius 2 is 2.08 bits per heavy atom. The van der Waals surface area contributed by atoms with Crippen molar-refractivity contribution < 1.29 is 4.21 Å². The fourth-order valence-electron chi connectivity index (χ4n) is 0.786. The number of para-hydroxylation sites is 1. The Hall–Kier alpha value is -1.09. The number of benzene rings is 1. The predicted molar refractivity (Wildman–Crippen MR) is 53.3 cm³/mol. The molecular formula is C9H11NOS. The zero-order valence-electron chi connectivity index (χ0n) is 6.69. The number of rotatable bonds is 4. The molecule has 0 radical (unpaired) electrons. The highest BCUT2D eigenvalue weighted by Crippen LogP contribution is 2.05. The number of hydrogen-bond donors (Lipinski definition) is 1. The van der Waals surface area contributed by atoms with Crippen molar-refractivity contribution in [3.63, 3.8) is 0 Å². The summed E-state index contributed by atoms with van der Waals surface area (Å²) < 4.78 is 14.0. The van der Waals surface area contributed by atoms with Gasteiger partial charge in [0.25, 0.3) is 0 Å². The van der Waals surface area contributed by atoms with Gasteiger partial charge in [0, 0.05) is 5.69 Å². The monoisotopic (exact) mass is 181 g/mol. The van der Waals surface area contributed by atoms with Gasteiger partial charge in [-0.1, -0.05) is 24.3 Å². The molecule has 64 valence electrons. The molecule has 0 saturated heterocycles. The first-order valence-electron chi connectivity index (χ1n) is 3.64. The zero-order valence-corrected chi connectivity index (χ0v) is 7.51. The van der Waals surface area contributed by atoms with Crippen molar-refractivity contribution in [3.8, 4) is 0 Å². The fraction of sp³-hybridized carbons (Fsp3) is 0.111. The summed E-state index contributed by atoms with van der Waals surface area (Å²) in [5, 5.41) is 0. The maximum absolute atomic E-state index is 11.1. The molecule has 1 aromatic carbocycles. The van der Waals surface area contributed by atoms with Crippen molar-refractivity contribution in [1.82, 2.24) is 0 Å². The second kappa shape index (κ2) is 4.72. The van der Waals surface area contributed by atoms with Gasteiger partial charge < -0.3 is 4.72 Å². The first-order valence-corrected chi connectivity index (χ1v) is 4.96. The van der Waals surface area contributed by atoms with Gasteiger partial charge in [0.05, 0.1) is 5.75 Å². The van der Waals surface area contributed by atoms with E-state index in [0.717, 1.165) is 5.69 Å². The van der Waals surface area contributed by atoms with E-state index >= 15 is 0 Å². The van der Waals surface area contributed by atoms with Crippen LogP contribution in [0.5, 0.6) is 0 Å². The van der Waals surface area contributed by atoms with Crippen LogP contribution in [0.2, 0.25) is 0 Å². The molecule has 0 aromatic heterocycles. The standard InChI is InChI=1S/C9H11NOS/c1-2-8-12(11)10-9-6-4-3-5-7-9/h2-7,10H,1,8H2. The van der Waals surface area contributed by atoms with Crippen molar-refractivity contribution in [2.24, 2.45) is 0 Å². The van der Waals surface area contributed by atoms with Crippen LogP contribution in [0.25, 0.3) is 0 Å². The van der Waals surface area contributed by atoms with E-state index < -0.39 is 11.0 Å². The van der Waals surface area contributed by atoms with Crippen molar-refractivity contribution in [3.05, 3.63) is 43.0 Å². The number of nitrogens with one attached hydrogen (secondary N) is 1. The molecule has 0 aliphatic heterocycles. The molecule has 1 rings (SSSR count). The van der Waals surface area contributed by atoms with Crippen LogP contribution in [-0.2, 0) is 11.0 Å². The lowest BCUT2D eigenvalue weighted by molar-refractivity contribution is 0.688. The van der Waals surface area contributed by atoms with E-state index in [1.165, 1.54) is 0 Å². The highest BCUT2D eigenvalue weighted by Gasteiger charge is 1.94. The minimum atomic E-state index is -1.04. The highest BCUT2D eigenvalue weighted by molar-refractivity contribution is 7.86. The molecule has 0 spiro atoms. The van der Waals surface area contributed by atoms with Gasteiger partial charge in [0.2, 0.25) is 0 Å². The van der Waals surface area contributed by atoms with Crippen LogP contribution in [0.1, 0.15) is 0 Å². The molecule has 1 atom stereocenters. The van der Waals surface area contributed by atoms with E-state index in [0.29, 0.717) is 5.75 Å². The van der Waals surface area contributed by atoms with E-state index in [2.05, 4.69) is 11.3 Å². The number of hydrogen-bond acceptors (Lipinski definition) is 1. The van der Waals surface area contributed by atoms with Gasteiger partial charge in [-0.2, -0.15) is 0 Å². The minimum absolute atomic E-state index is 0.467. The van der Waals surface area contributed by atoms with Crippen LogP contribution < -0.4 is 4.72 Å². The molecular weight excluding hydrogens is 170 g/mol. The van der Waals surface area contributed by atoms with Gasteiger partial charge >= 0.3 is 0 Å². The van der Waals surface area contributed by atoms with Crippen LogP contribution in [0, 0.1) is 0 Å². The van der Waals surface area contributed by atoms with Crippen LogP contribution in [-0.4, -0.2) is 9.96 Å². The van der Waals surface area contributed by atoms with Crippen LogP contribution in [0.3, 0.4) is 0 Å². The molecule has 1 aromatic rings. The average Bonchev–Trinajstić information content (AvgIpc) is 2.06. The van der Waals surface area contributed by atoms with Crippen molar-refractivity contribution in [2.75, 3.05) is 10.5 Å². The van der Waals surface area contributed by atoms with Gasteiger partial charge in [0.15, 0.2) is 0 Å². The summed E-state index contributed by atoms with van der Waals surface area (Å²) in [6.07, 6.45) is 1.63. The molecule has 3 heteroatoms. The van der Waals surface area contributed by atoms with Crippen LogP contribution in [0.4, 0.5) is 5.69 Å². The summed E-state index contributed by atoms with van der Waals surface area (Å²) in [4.78, 5) is 0. The summed E-state index contributed by atoms with van der Waals surface area (Å²) in [5.41, 5.74) is 0.873. The summed E-state index contributed by atoms with van der Waals surface area (Å²) in [6.45, 7) is 3.51. The summed E-state index contributed by atoms with van der Waals surface area (Å²) in [5.74, 6) is 0.467. The molecule has 2 nitrogen and oxygen atoms in total. The lowest BCUT2D eigenvalue weighted by Crippen LogP contribution is -2.06. The quantitative estimate of drug-likeness (QED) is 0.707. The lowest BCUT2D eigenvalue weighted by atomic mass is 10.3. The third kappa shape index (κ3) is 2.88. The first-order chi connectivity index (χ1) is 5.83. The molecule has 1 N–H and O–H groups in total. The van der Waals surface area contributed by atoms with E-state index in [1.54, 1.807) is 6.08 Å². The van der Waals surface area contributed by atoms with E-state index in [1.807, 2.05) is 30.3 Å². The summed E-state index contributed by atoms with van der Waals surface area (Å²) in [7, 11) is -1.04. The maximum atomic E-state index is 11.1. The van der Waals surface area contributed by atoms with Gasteiger partial charge in [-0.25, -0.2) is 4.21 Å². The van der Waals surface area contributed by atoms with Gasteiger partial charge in [-0.3, -0.25) is 0 Å². The second-order valence-electron chi connectivity index (χ2n) is 2.27. The maximum Gasteiger partial charge on any atom is 0.121 e. The van der Waals surface area contributed by atoms with Crippen LogP contribution >= 0.6 is 0 Å². The molecule has 0 amide bonds. The Balaban J connectivity index is 2.52. The van der Waals surface area contributed by atoms with Gasteiger partial charge in [-0.05, 0) is 12.1 Å². The first kappa shape index (κ1) is 9.00. The number of anilines is 1. The van der Waals surface area contributed by atoms with Crippen LogP contribution in [0.15, 0.2) is 43.0 Å². The molecule has 0 aliphatic rings. The predicted octanol–water partition coefficient (Wildman–Crippen LogP) is 1.95. The Morgan fingerprint density at radius 3 is 2.67 bits per heavy atom. The zero-order chi connectivity index (χ0) is 8.81. The Morgan fingerprint density at radius 1 is 1.42 bits per heavy atom. The lowest BCUT2D eigenvalue weighted by Gasteiger charge is -2.02. The molecule has 0 heterocycles. The Labute approximate surface area is 74.9 Å². The smallest absolute Gasteiger partial charge is 0.121 e. The largest absolute Gasteiger partial charge is 0.305 e. The van der Waals surface area contributed by atoms with Crippen molar-refractivity contribution in [2.45, 2.75) is 0 Å². The van der Waals surface area contributed by atoms with Crippen molar-refractivity contribution in [1.29, 1.82) is 0 Å². The molecule has 1 unspecified atom stereocenters. The molecule has 12 heavy (non-hydrogen) atoms. The van der Waals surface area contributed by atoms with Gasteiger partial charge in [-0.15, -0.1) is 6.58 Å². The second-order valence-corrected chi connectivity index (χ2v) is 3.50. The fourth-order valence-corrected chi connectivity index (χ4v) is 1.48. The summed E-state index contributed by atoms with van der Waals surface area (Å²) in [6, 6.07) is 9.46. The Bertz CT molecular complexity index is 271. The minimum Gasteiger partial charge on any atom is -0.305 e. The topological polar surface area (TPSA) is 29.1 Å². The highest BCUT2D eigenvalue weighted by atomic mass is 32.2. The normalized spacial score (nSPS) is 12.0.